The maximum Gasteiger partial charge on any atom is 0.322 e. The number of imidazole rings is 1. The van der Waals surface area contributed by atoms with Gasteiger partial charge in [-0.05, 0) is 31.0 Å². The molecule has 1 aromatic carbocycles. The second-order valence-electron chi connectivity index (χ2n) is 5.85. The third-order valence-corrected chi connectivity index (χ3v) is 3.92. The van der Waals surface area contributed by atoms with E-state index in [-0.39, 0.29) is 24.6 Å². The second kappa shape index (κ2) is 7.29. The van der Waals surface area contributed by atoms with Gasteiger partial charge in [-0.2, -0.15) is 0 Å². The highest BCUT2D eigenvalue weighted by Crippen LogP contribution is 2.13. The Morgan fingerprint density at radius 3 is 2.92 bits per heavy atom. The lowest BCUT2D eigenvalue weighted by Crippen LogP contribution is -2.32. The van der Waals surface area contributed by atoms with E-state index >= 15 is 0 Å². The van der Waals surface area contributed by atoms with Gasteiger partial charge in [0.2, 0.25) is 5.91 Å². The van der Waals surface area contributed by atoms with Crippen LogP contribution in [0.4, 0.5) is 9.18 Å². The zero-order valence-corrected chi connectivity index (χ0v) is 13.4. The van der Waals surface area contributed by atoms with E-state index in [0.29, 0.717) is 30.4 Å². The largest absolute Gasteiger partial charge is 0.356 e. The van der Waals surface area contributed by atoms with Crippen LogP contribution in [0.5, 0.6) is 0 Å². The molecule has 0 bridgehead atoms. The first-order valence-electron chi connectivity index (χ1n) is 8.03. The van der Waals surface area contributed by atoms with Gasteiger partial charge >= 0.3 is 6.03 Å². The number of nitrogens with zero attached hydrogens (tertiary/aromatic N) is 1. The smallest absolute Gasteiger partial charge is 0.322 e. The molecule has 2 heterocycles. The summed E-state index contributed by atoms with van der Waals surface area (Å²) in [5.74, 6) is -0.165. The molecule has 0 saturated carbocycles. The number of aromatic amines is 1. The van der Waals surface area contributed by atoms with Crippen LogP contribution in [0.25, 0.3) is 11.0 Å². The average Bonchev–Trinajstić information content (AvgIpc) is 3.11. The van der Waals surface area contributed by atoms with Crippen molar-refractivity contribution in [2.75, 3.05) is 6.54 Å². The Kier molecular flexibility index (Phi) is 4.92. The van der Waals surface area contributed by atoms with Crippen molar-refractivity contribution in [3.05, 3.63) is 29.8 Å². The fraction of sp³-hybridized carbons (Fsp3) is 0.375. The molecule has 1 fully saturated rings. The monoisotopic (exact) mass is 347 g/mol. The normalized spacial score (nSPS) is 16.8. The number of imide groups is 1. The molecule has 1 saturated heterocycles. The molecular weight excluding hydrogens is 329 g/mol. The number of carbonyl (C=O) groups excluding carboxylic acids is 3. The first kappa shape index (κ1) is 16.9. The zero-order chi connectivity index (χ0) is 17.8. The van der Waals surface area contributed by atoms with Gasteiger partial charge in [-0.25, -0.2) is 14.2 Å². The Bertz CT molecular complexity index is 819. The predicted molar refractivity (Wildman–Crippen MR) is 87.1 cm³/mol. The van der Waals surface area contributed by atoms with Crippen LogP contribution in [0.1, 0.15) is 25.1 Å². The molecule has 1 aliphatic rings. The summed E-state index contributed by atoms with van der Waals surface area (Å²) in [6.45, 7) is 0.466. The van der Waals surface area contributed by atoms with Crippen LogP contribution in [0.3, 0.4) is 0 Å². The number of aryl methyl sites for hydroxylation is 1. The average molecular weight is 347 g/mol. The molecule has 0 spiro atoms. The summed E-state index contributed by atoms with van der Waals surface area (Å²) < 4.78 is 13.1. The van der Waals surface area contributed by atoms with E-state index in [4.69, 9.17) is 0 Å². The van der Waals surface area contributed by atoms with Crippen LogP contribution in [-0.2, 0) is 16.0 Å². The molecule has 8 nitrogen and oxygen atoms in total. The van der Waals surface area contributed by atoms with Gasteiger partial charge in [-0.3, -0.25) is 14.9 Å². The first-order valence-corrected chi connectivity index (χ1v) is 8.03. The number of hydrogen-bond acceptors (Lipinski definition) is 4. The Labute approximate surface area is 142 Å². The molecule has 0 radical (unpaired) electrons. The van der Waals surface area contributed by atoms with Crippen molar-refractivity contribution < 1.29 is 18.8 Å². The Hall–Kier alpha value is -2.97. The summed E-state index contributed by atoms with van der Waals surface area (Å²) in [6.07, 6.45) is 1.72. The summed E-state index contributed by atoms with van der Waals surface area (Å²) >= 11 is 0. The van der Waals surface area contributed by atoms with Gasteiger partial charge in [-0.1, -0.05) is 0 Å². The van der Waals surface area contributed by atoms with Gasteiger partial charge in [0, 0.05) is 19.4 Å². The third-order valence-electron chi connectivity index (χ3n) is 3.92. The van der Waals surface area contributed by atoms with Crippen LogP contribution >= 0.6 is 0 Å². The Morgan fingerprint density at radius 2 is 2.16 bits per heavy atom. The summed E-state index contributed by atoms with van der Waals surface area (Å²) in [6, 6.07) is 3.20. The molecule has 132 valence electrons. The van der Waals surface area contributed by atoms with Crippen molar-refractivity contribution in [3.8, 4) is 0 Å². The molecule has 4 amide bonds. The van der Waals surface area contributed by atoms with E-state index in [1.165, 1.54) is 12.1 Å². The summed E-state index contributed by atoms with van der Waals surface area (Å²) in [7, 11) is 0. The van der Waals surface area contributed by atoms with Crippen molar-refractivity contribution in [1.82, 2.24) is 25.9 Å². The number of urea groups is 1. The number of hydrogen-bond donors (Lipinski definition) is 4. The lowest BCUT2D eigenvalue weighted by atomic mass is 10.1. The lowest BCUT2D eigenvalue weighted by molar-refractivity contribution is -0.122. The van der Waals surface area contributed by atoms with Gasteiger partial charge in [0.05, 0.1) is 11.0 Å². The number of benzene rings is 1. The van der Waals surface area contributed by atoms with E-state index < -0.39 is 18.0 Å². The van der Waals surface area contributed by atoms with Crippen molar-refractivity contribution in [1.29, 1.82) is 0 Å². The van der Waals surface area contributed by atoms with E-state index in [1.54, 1.807) is 6.07 Å². The summed E-state index contributed by atoms with van der Waals surface area (Å²) in [5.41, 5.74) is 1.35. The number of halogens is 1. The van der Waals surface area contributed by atoms with Gasteiger partial charge < -0.3 is 15.6 Å². The van der Waals surface area contributed by atoms with Crippen LogP contribution in [0.2, 0.25) is 0 Å². The summed E-state index contributed by atoms with van der Waals surface area (Å²) in [5, 5.41) is 7.33. The standard InChI is InChI=1S/C16H18FN5O3/c17-9-3-4-10-12(8-9)20-13(19-10)2-1-7-18-14(23)6-5-11-15(24)22-16(25)21-11/h3-4,8,11H,1-2,5-7H2,(H,18,23)(H,19,20)(H2,21,22,24,25)/t11-/m1/s1. The van der Waals surface area contributed by atoms with Crippen LogP contribution < -0.4 is 16.0 Å². The van der Waals surface area contributed by atoms with E-state index in [9.17, 15) is 18.8 Å². The van der Waals surface area contributed by atoms with E-state index in [1.807, 2.05) is 0 Å². The minimum atomic E-state index is -0.644. The van der Waals surface area contributed by atoms with Crippen LogP contribution in [0, 0.1) is 5.82 Å². The maximum absolute atomic E-state index is 13.1. The number of aromatic nitrogens is 2. The maximum atomic E-state index is 13.1. The molecule has 9 heteroatoms. The highest BCUT2D eigenvalue weighted by Gasteiger charge is 2.29. The van der Waals surface area contributed by atoms with Crippen molar-refractivity contribution in [3.63, 3.8) is 0 Å². The molecule has 1 aromatic heterocycles. The van der Waals surface area contributed by atoms with Crippen LogP contribution in [-0.4, -0.2) is 40.4 Å². The number of fused-ring (bicyclic) bond motifs is 1. The zero-order valence-electron chi connectivity index (χ0n) is 13.4. The molecular formula is C16H18FN5O3. The van der Waals surface area contributed by atoms with Crippen molar-refractivity contribution in [2.45, 2.75) is 31.7 Å². The Balaban J connectivity index is 1.36. The van der Waals surface area contributed by atoms with Gasteiger partial charge in [0.1, 0.15) is 17.7 Å². The molecule has 1 aliphatic heterocycles. The highest BCUT2D eigenvalue weighted by atomic mass is 19.1. The number of amides is 4. The topological polar surface area (TPSA) is 116 Å². The van der Waals surface area contributed by atoms with Gasteiger partial charge in [0.25, 0.3) is 5.91 Å². The third kappa shape index (κ3) is 4.31. The molecule has 4 N–H and O–H groups in total. The number of nitrogens with one attached hydrogen (secondary N) is 4. The van der Waals surface area contributed by atoms with Crippen molar-refractivity contribution >= 4 is 28.9 Å². The summed E-state index contributed by atoms with van der Waals surface area (Å²) in [4.78, 5) is 41.5. The fourth-order valence-corrected chi connectivity index (χ4v) is 2.66. The molecule has 2 aromatic rings. The molecule has 3 rings (SSSR count). The number of H-pyrrole nitrogens is 1. The minimum absolute atomic E-state index is 0.155. The molecule has 0 aliphatic carbocycles. The lowest BCUT2D eigenvalue weighted by Gasteiger charge is -2.07. The fourth-order valence-electron chi connectivity index (χ4n) is 2.66. The van der Waals surface area contributed by atoms with E-state index in [0.717, 1.165) is 5.82 Å². The van der Waals surface area contributed by atoms with E-state index in [2.05, 4.69) is 25.9 Å². The molecule has 1 atom stereocenters. The number of rotatable bonds is 7. The predicted octanol–water partition coefficient (Wildman–Crippen LogP) is 0.739. The second-order valence-corrected chi connectivity index (χ2v) is 5.85. The van der Waals surface area contributed by atoms with Gasteiger partial charge in [0.15, 0.2) is 0 Å². The minimum Gasteiger partial charge on any atom is -0.356 e. The van der Waals surface area contributed by atoms with Crippen LogP contribution in [0.15, 0.2) is 18.2 Å². The Morgan fingerprint density at radius 1 is 1.32 bits per heavy atom. The first-order chi connectivity index (χ1) is 12.0. The van der Waals surface area contributed by atoms with Crippen molar-refractivity contribution in [2.24, 2.45) is 0 Å². The molecule has 25 heavy (non-hydrogen) atoms. The molecule has 0 unspecified atom stereocenters. The SMILES string of the molecule is O=C(CC[C@H]1NC(=O)NC1=O)NCCCc1nc2ccc(F)cc2[nH]1. The number of carbonyl (C=O) groups is 3. The highest BCUT2D eigenvalue weighted by molar-refractivity contribution is 6.04. The quantitative estimate of drug-likeness (QED) is 0.437. The van der Waals surface area contributed by atoms with Gasteiger partial charge in [-0.15, -0.1) is 0 Å².